The maximum absolute atomic E-state index is 13.3. The third-order valence-electron chi connectivity index (χ3n) is 2.80. The van der Waals surface area contributed by atoms with Gasteiger partial charge in [-0.15, -0.1) is 0 Å². The van der Waals surface area contributed by atoms with Gasteiger partial charge < -0.3 is 11.1 Å². The van der Waals surface area contributed by atoms with E-state index in [0.29, 0.717) is 21.5 Å². The van der Waals surface area contributed by atoms with E-state index in [9.17, 15) is 12.8 Å². The molecule has 0 unspecified atom stereocenters. The van der Waals surface area contributed by atoms with Crippen LogP contribution >= 0.6 is 15.9 Å². The van der Waals surface area contributed by atoms with Gasteiger partial charge in [0.2, 0.25) is 10.0 Å². The van der Waals surface area contributed by atoms with Crippen molar-refractivity contribution in [2.24, 2.45) is 0 Å². The fourth-order valence-corrected chi connectivity index (χ4v) is 2.77. The average molecular weight is 374 g/mol. The molecule has 5 nitrogen and oxygen atoms in total. The van der Waals surface area contributed by atoms with Crippen LogP contribution < -0.4 is 15.8 Å². The number of rotatable bonds is 4. The molecule has 0 bridgehead atoms. The summed E-state index contributed by atoms with van der Waals surface area (Å²) < 4.78 is 39.7. The summed E-state index contributed by atoms with van der Waals surface area (Å²) in [7, 11) is -2.26. The molecule has 0 aliphatic carbocycles. The topological polar surface area (TPSA) is 84.2 Å². The van der Waals surface area contributed by atoms with Gasteiger partial charge in [0.05, 0.1) is 22.0 Å². The molecule has 112 valence electrons. The van der Waals surface area contributed by atoms with Crippen LogP contribution in [-0.4, -0.2) is 15.5 Å². The molecule has 0 amide bonds. The Morgan fingerprint density at radius 3 is 2.52 bits per heavy atom. The first-order chi connectivity index (χ1) is 9.83. The molecule has 4 N–H and O–H groups in total. The minimum atomic E-state index is -3.58. The molecular weight excluding hydrogens is 361 g/mol. The summed E-state index contributed by atoms with van der Waals surface area (Å²) in [5.74, 6) is -0.418. The number of halogens is 2. The summed E-state index contributed by atoms with van der Waals surface area (Å²) in [5, 5.41) is 2.91. The molecule has 0 heterocycles. The summed E-state index contributed by atoms with van der Waals surface area (Å²) >= 11 is 3.28. The first-order valence-corrected chi connectivity index (χ1v) is 8.16. The molecule has 8 heteroatoms. The van der Waals surface area contributed by atoms with E-state index in [0.717, 1.165) is 0 Å². The van der Waals surface area contributed by atoms with Gasteiger partial charge in [0, 0.05) is 4.47 Å². The van der Waals surface area contributed by atoms with Crippen molar-refractivity contribution in [3.05, 3.63) is 46.7 Å². The molecule has 0 aliphatic rings. The van der Waals surface area contributed by atoms with Crippen LogP contribution in [0.4, 0.5) is 21.5 Å². The lowest BCUT2D eigenvalue weighted by Crippen LogP contribution is -2.18. The minimum Gasteiger partial charge on any atom is -0.397 e. The van der Waals surface area contributed by atoms with Gasteiger partial charge in [-0.05, 0) is 59.4 Å². The van der Waals surface area contributed by atoms with Crippen LogP contribution in [0.5, 0.6) is 0 Å². The molecule has 21 heavy (non-hydrogen) atoms. The van der Waals surface area contributed by atoms with Crippen LogP contribution in [0, 0.1) is 5.82 Å². The number of nitrogens with two attached hydrogens (primary N) is 1. The van der Waals surface area contributed by atoms with Gasteiger partial charge in [-0.2, -0.15) is 0 Å². The molecule has 2 aromatic rings. The maximum atomic E-state index is 13.3. The van der Waals surface area contributed by atoms with Gasteiger partial charge in [-0.3, -0.25) is 0 Å². The minimum absolute atomic E-state index is 0.0641. The lowest BCUT2D eigenvalue weighted by molar-refractivity contribution is 0.588. The van der Waals surface area contributed by atoms with Crippen LogP contribution in [0.3, 0.4) is 0 Å². The van der Waals surface area contributed by atoms with Crippen LogP contribution in [0.2, 0.25) is 0 Å². The van der Waals surface area contributed by atoms with Gasteiger partial charge in [0.25, 0.3) is 0 Å². The fraction of sp³-hybridized carbons (Fsp3) is 0.0769. The molecular formula is C13H13BrFN3O2S. The Morgan fingerprint density at radius 2 is 1.86 bits per heavy atom. The summed E-state index contributed by atoms with van der Waals surface area (Å²) in [6, 6.07) is 8.39. The fourth-order valence-electron chi connectivity index (χ4n) is 1.67. The molecule has 0 saturated heterocycles. The SMILES string of the molecule is CNS(=O)(=O)c1ccc(N)c(Nc2cc(F)ccc2Br)c1. The Bertz CT molecular complexity index is 781. The van der Waals surface area contributed by atoms with E-state index in [1.54, 1.807) is 6.07 Å². The van der Waals surface area contributed by atoms with Crippen LogP contribution in [-0.2, 0) is 10.0 Å². The van der Waals surface area contributed by atoms with Gasteiger partial charge in [0.1, 0.15) is 5.82 Å². The second-order valence-corrected chi connectivity index (χ2v) is 6.95. The highest BCUT2D eigenvalue weighted by molar-refractivity contribution is 9.10. The first-order valence-electron chi connectivity index (χ1n) is 5.88. The second kappa shape index (κ2) is 6.00. The number of benzene rings is 2. The van der Waals surface area contributed by atoms with Crippen molar-refractivity contribution in [2.45, 2.75) is 4.90 Å². The number of anilines is 3. The number of hydrogen-bond acceptors (Lipinski definition) is 4. The van der Waals surface area contributed by atoms with E-state index in [1.807, 2.05) is 0 Å². The van der Waals surface area contributed by atoms with E-state index in [2.05, 4.69) is 26.0 Å². The first kappa shape index (κ1) is 15.7. The maximum Gasteiger partial charge on any atom is 0.240 e. The molecule has 2 aromatic carbocycles. The smallest absolute Gasteiger partial charge is 0.240 e. The summed E-state index contributed by atoms with van der Waals surface area (Å²) in [6.07, 6.45) is 0. The number of sulfonamides is 1. The Balaban J connectivity index is 2.45. The highest BCUT2D eigenvalue weighted by Crippen LogP contribution is 2.30. The van der Waals surface area contributed by atoms with Crippen LogP contribution in [0.15, 0.2) is 45.8 Å². The Labute approximate surface area is 130 Å². The Morgan fingerprint density at radius 1 is 1.14 bits per heavy atom. The zero-order chi connectivity index (χ0) is 15.6. The normalized spacial score (nSPS) is 11.4. The van der Waals surface area contributed by atoms with Crippen molar-refractivity contribution >= 4 is 43.0 Å². The van der Waals surface area contributed by atoms with Crippen molar-refractivity contribution in [1.29, 1.82) is 0 Å². The predicted molar refractivity (Wildman–Crippen MR) is 84.5 cm³/mol. The predicted octanol–water partition coefficient (Wildman–Crippen LogP) is 2.82. The van der Waals surface area contributed by atoms with E-state index < -0.39 is 15.8 Å². The molecule has 2 rings (SSSR count). The van der Waals surface area contributed by atoms with E-state index >= 15 is 0 Å². The zero-order valence-electron chi connectivity index (χ0n) is 11.0. The zero-order valence-corrected chi connectivity index (χ0v) is 13.4. The van der Waals surface area contributed by atoms with E-state index in [4.69, 9.17) is 5.73 Å². The molecule has 0 atom stereocenters. The van der Waals surface area contributed by atoms with Crippen molar-refractivity contribution in [1.82, 2.24) is 4.72 Å². The monoisotopic (exact) mass is 373 g/mol. The Hall–Kier alpha value is -1.64. The van der Waals surface area contributed by atoms with Gasteiger partial charge in [0.15, 0.2) is 0 Å². The van der Waals surface area contributed by atoms with E-state index in [-0.39, 0.29) is 4.90 Å². The van der Waals surface area contributed by atoms with Crippen molar-refractivity contribution in [3.8, 4) is 0 Å². The number of nitrogen functional groups attached to an aromatic ring is 1. The van der Waals surface area contributed by atoms with Crippen molar-refractivity contribution in [3.63, 3.8) is 0 Å². The van der Waals surface area contributed by atoms with Gasteiger partial charge in [-0.25, -0.2) is 17.5 Å². The van der Waals surface area contributed by atoms with E-state index in [1.165, 1.54) is 37.4 Å². The second-order valence-electron chi connectivity index (χ2n) is 4.21. The van der Waals surface area contributed by atoms with Crippen LogP contribution in [0.1, 0.15) is 0 Å². The molecule has 0 radical (unpaired) electrons. The third-order valence-corrected chi connectivity index (χ3v) is 4.91. The number of nitrogens with one attached hydrogen (secondary N) is 2. The molecule has 0 spiro atoms. The summed E-state index contributed by atoms with van der Waals surface area (Å²) in [6.45, 7) is 0. The largest absolute Gasteiger partial charge is 0.397 e. The highest BCUT2D eigenvalue weighted by atomic mass is 79.9. The number of hydrogen-bond donors (Lipinski definition) is 3. The molecule has 0 aliphatic heterocycles. The summed E-state index contributed by atoms with van der Waals surface area (Å²) in [4.78, 5) is 0.0641. The molecule has 0 saturated carbocycles. The standard InChI is InChI=1S/C13H13BrFN3O2S/c1-17-21(19,20)9-3-5-11(16)13(7-9)18-12-6-8(15)2-4-10(12)14/h2-7,17-18H,16H2,1H3. The quantitative estimate of drug-likeness (QED) is 0.719. The Kier molecular flexibility index (Phi) is 4.50. The average Bonchev–Trinajstić information content (AvgIpc) is 2.45. The van der Waals surface area contributed by atoms with Gasteiger partial charge >= 0.3 is 0 Å². The van der Waals surface area contributed by atoms with Crippen molar-refractivity contribution < 1.29 is 12.8 Å². The lowest BCUT2D eigenvalue weighted by Gasteiger charge is -2.13. The lowest BCUT2D eigenvalue weighted by atomic mass is 10.2. The van der Waals surface area contributed by atoms with Gasteiger partial charge in [-0.1, -0.05) is 0 Å². The highest BCUT2D eigenvalue weighted by Gasteiger charge is 2.14. The van der Waals surface area contributed by atoms with Crippen LogP contribution in [0.25, 0.3) is 0 Å². The molecule has 0 aromatic heterocycles. The third kappa shape index (κ3) is 3.52. The van der Waals surface area contributed by atoms with Crippen molar-refractivity contribution in [2.75, 3.05) is 18.1 Å². The molecule has 0 fully saturated rings. The summed E-state index contributed by atoms with van der Waals surface area (Å²) in [5.41, 5.74) is 6.99.